The summed E-state index contributed by atoms with van der Waals surface area (Å²) < 4.78 is 52.4. The summed E-state index contributed by atoms with van der Waals surface area (Å²) in [4.78, 5) is 0. The Labute approximate surface area is 119 Å². The zero-order valence-corrected chi connectivity index (χ0v) is 11.4. The number of hydrogen-bond acceptors (Lipinski definition) is 2. The summed E-state index contributed by atoms with van der Waals surface area (Å²) in [6.07, 6.45) is -1.79. The molecule has 114 valence electrons. The van der Waals surface area contributed by atoms with Crippen LogP contribution in [0.1, 0.15) is 24.5 Å². The van der Waals surface area contributed by atoms with E-state index in [1.807, 2.05) is 6.92 Å². The lowest BCUT2D eigenvalue weighted by Crippen LogP contribution is -2.21. The molecule has 1 unspecified atom stereocenters. The molecule has 0 fully saturated rings. The third-order valence-corrected chi connectivity index (χ3v) is 3.19. The number of halogens is 4. The zero-order valence-electron chi connectivity index (χ0n) is 11.4. The molecule has 2 rings (SSSR count). The molecular weight excluding hydrogens is 286 g/mol. The van der Waals surface area contributed by atoms with Crippen LogP contribution in [0.3, 0.4) is 0 Å². The molecule has 7 heteroatoms. The van der Waals surface area contributed by atoms with Gasteiger partial charge in [-0.05, 0) is 30.5 Å². The van der Waals surface area contributed by atoms with Gasteiger partial charge in [-0.2, -0.15) is 18.3 Å². The van der Waals surface area contributed by atoms with Crippen molar-refractivity contribution in [2.45, 2.75) is 32.0 Å². The minimum Gasteiger partial charge on any atom is -0.327 e. The molecule has 2 N–H and O–H groups in total. The number of nitrogens with two attached hydrogens (primary N) is 1. The summed E-state index contributed by atoms with van der Waals surface area (Å²) in [7, 11) is 0. The molecule has 0 radical (unpaired) electrons. The van der Waals surface area contributed by atoms with Crippen molar-refractivity contribution in [3.63, 3.8) is 0 Å². The average Bonchev–Trinajstić information content (AvgIpc) is 2.88. The van der Waals surface area contributed by atoms with E-state index < -0.39 is 17.6 Å². The monoisotopic (exact) mass is 301 g/mol. The maximum absolute atomic E-state index is 14.0. The highest BCUT2D eigenvalue weighted by molar-refractivity contribution is 5.36. The van der Waals surface area contributed by atoms with Crippen molar-refractivity contribution in [3.05, 3.63) is 47.5 Å². The molecule has 0 saturated carbocycles. The highest BCUT2D eigenvalue weighted by Gasteiger charge is 2.32. The molecule has 1 atom stereocenters. The van der Waals surface area contributed by atoms with E-state index in [1.54, 1.807) is 6.07 Å². The fourth-order valence-electron chi connectivity index (χ4n) is 1.91. The van der Waals surface area contributed by atoms with Crippen molar-refractivity contribution in [1.29, 1.82) is 0 Å². The lowest BCUT2D eigenvalue weighted by Gasteiger charge is -2.10. The van der Waals surface area contributed by atoms with Gasteiger partial charge in [-0.15, -0.1) is 0 Å². The van der Waals surface area contributed by atoms with Crippen molar-refractivity contribution in [1.82, 2.24) is 9.78 Å². The molecule has 1 heterocycles. The van der Waals surface area contributed by atoms with Crippen LogP contribution in [0.4, 0.5) is 17.6 Å². The maximum Gasteiger partial charge on any atom is 0.419 e. The zero-order chi connectivity index (χ0) is 15.6. The summed E-state index contributed by atoms with van der Waals surface area (Å²) in [5.41, 5.74) is 5.55. The Morgan fingerprint density at radius 1 is 1.33 bits per heavy atom. The summed E-state index contributed by atoms with van der Waals surface area (Å²) in [6, 6.07) is 4.25. The Balaban J connectivity index is 2.27. The summed E-state index contributed by atoms with van der Waals surface area (Å²) in [5.74, 6) is -0.632. The molecule has 1 aromatic carbocycles. The largest absolute Gasteiger partial charge is 0.419 e. The van der Waals surface area contributed by atoms with Gasteiger partial charge in [0.05, 0.1) is 11.8 Å². The number of benzene rings is 1. The van der Waals surface area contributed by atoms with Crippen LogP contribution < -0.4 is 5.73 Å². The van der Waals surface area contributed by atoms with Gasteiger partial charge in [0.15, 0.2) is 0 Å². The van der Waals surface area contributed by atoms with Crippen LogP contribution in [0.25, 0.3) is 5.69 Å². The van der Waals surface area contributed by atoms with E-state index >= 15 is 0 Å². The van der Waals surface area contributed by atoms with Crippen LogP contribution in [0, 0.1) is 5.82 Å². The van der Waals surface area contributed by atoms with Crippen molar-refractivity contribution in [2.75, 3.05) is 0 Å². The SMILES string of the molecule is CCC(N)Cc1ccc(-n2cc(C(F)(F)F)cn2)c(F)c1. The maximum atomic E-state index is 14.0. The minimum atomic E-state index is -4.50. The van der Waals surface area contributed by atoms with Gasteiger partial charge >= 0.3 is 6.18 Å². The second-order valence-corrected chi connectivity index (χ2v) is 4.83. The molecule has 0 amide bonds. The van der Waals surface area contributed by atoms with Crippen LogP contribution >= 0.6 is 0 Å². The predicted octanol–water partition coefficient (Wildman–Crippen LogP) is 3.31. The van der Waals surface area contributed by atoms with Crippen molar-refractivity contribution < 1.29 is 17.6 Å². The first-order chi connectivity index (χ1) is 9.81. The quantitative estimate of drug-likeness (QED) is 0.881. The average molecular weight is 301 g/mol. The first-order valence-corrected chi connectivity index (χ1v) is 6.47. The molecule has 0 spiro atoms. The predicted molar refractivity (Wildman–Crippen MR) is 70.5 cm³/mol. The Bertz CT molecular complexity index is 619. The van der Waals surface area contributed by atoms with Gasteiger partial charge in [-0.3, -0.25) is 0 Å². The van der Waals surface area contributed by atoms with E-state index in [4.69, 9.17) is 5.73 Å². The van der Waals surface area contributed by atoms with Crippen LogP contribution in [-0.4, -0.2) is 15.8 Å². The van der Waals surface area contributed by atoms with E-state index in [-0.39, 0.29) is 11.7 Å². The van der Waals surface area contributed by atoms with Gasteiger partial charge < -0.3 is 5.73 Å². The Kier molecular flexibility index (Phi) is 4.32. The second kappa shape index (κ2) is 5.85. The van der Waals surface area contributed by atoms with Crippen LogP contribution in [0.15, 0.2) is 30.6 Å². The van der Waals surface area contributed by atoms with Gasteiger partial charge in [0.2, 0.25) is 0 Å². The van der Waals surface area contributed by atoms with Crippen LogP contribution in [0.2, 0.25) is 0 Å². The molecule has 0 bridgehead atoms. The van der Waals surface area contributed by atoms with Crippen molar-refractivity contribution in [3.8, 4) is 5.69 Å². The van der Waals surface area contributed by atoms with Gasteiger partial charge in [0, 0.05) is 12.2 Å². The van der Waals surface area contributed by atoms with Crippen LogP contribution in [-0.2, 0) is 12.6 Å². The van der Waals surface area contributed by atoms with Gasteiger partial charge in [-0.25, -0.2) is 9.07 Å². The molecule has 21 heavy (non-hydrogen) atoms. The fourth-order valence-corrected chi connectivity index (χ4v) is 1.91. The summed E-state index contributed by atoms with van der Waals surface area (Å²) in [5, 5.41) is 3.55. The highest BCUT2D eigenvalue weighted by atomic mass is 19.4. The number of hydrogen-bond donors (Lipinski definition) is 1. The number of rotatable bonds is 4. The van der Waals surface area contributed by atoms with Gasteiger partial charge in [-0.1, -0.05) is 13.0 Å². The lowest BCUT2D eigenvalue weighted by atomic mass is 10.0. The van der Waals surface area contributed by atoms with E-state index in [2.05, 4.69) is 5.10 Å². The van der Waals surface area contributed by atoms with Crippen molar-refractivity contribution >= 4 is 0 Å². The number of aromatic nitrogens is 2. The van der Waals surface area contributed by atoms with Crippen molar-refractivity contribution in [2.24, 2.45) is 5.73 Å². The molecule has 0 aliphatic heterocycles. The smallest absolute Gasteiger partial charge is 0.327 e. The summed E-state index contributed by atoms with van der Waals surface area (Å²) in [6.45, 7) is 1.93. The topological polar surface area (TPSA) is 43.8 Å². The van der Waals surface area contributed by atoms with E-state index in [0.717, 1.165) is 17.3 Å². The molecule has 0 aliphatic carbocycles. The first-order valence-electron chi connectivity index (χ1n) is 6.47. The highest BCUT2D eigenvalue weighted by Crippen LogP contribution is 2.29. The summed E-state index contributed by atoms with van der Waals surface area (Å²) >= 11 is 0. The molecule has 2 aromatic rings. The standard InChI is InChI=1S/C14H15F4N3/c1-2-11(19)5-9-3-4-13(12(15)6-9)21-8-10(7-20-21)14(16,17)18/h3-4,6-8,11H,2,5,19H2,1H3. The van der Waals surface area contributed by atoms with Crippen LogP contribution in [0.5, 0.6) is 0 Å². The van der Waals surface area contributed by atoms with E-state index in [9.17, 15) is 17.6 Å². The molecular formula is C14H15F4N3. The normalized spacial score (nSPS) is 13.4. The minimum absolute atomic E-state index is 0.0284. The molecule has 1 aromatic heterocycles. The third kappa shape index (κ3) is 3.60. The Hall–Kier alpha value is -1.89. The first kappa shape index (κ1) is 15.5. The second-order valence-electron chi connectivity index (χ2n) is 4.83. The Morgan fingerprint density at radius 2 is 2.05 bits per heavy atom. The third-order valence-electron chi connectivity index (χ3n) is 3.19. The lowest BCUT2D eigenvalue weighted by molar-refractivity contribution is -0.137. The fraction of sp³-hybridized carbons (Fsp3) is 0.357. The number of alkyl halides is 3. The number of nitrogens with zero attached hydrogens (tertiary/aromatic N) is 2. The van der Waals surface area contributed by atoms with E-state index in [1.165, 1.54) is 12.1 Å². The molecule has 3 nitrogen and oxygen atoms in total. The Morgan fingerprint density at radius 3 is 2.57 bits per heavy atom. The van der Waals surface area contributed by atoms with Gasteiger partial charge in [0.25, 0.3) is 0 Å². The van der Waals surface area contributed by atoms with Gasteiger partial charge in [0.1, 0.15) is 11.5 Å². The molecule has 0 saturated heterocycles. The van der Waals surface area contributed by atoms with E-state index in [0.29, 0.717) is 18.2 Å². The molecule has 0 aliphatic rings.